The fourth-order valence-electron chi connectivity index (χ4n) is 1.55. The minimum Gasteiger partial charge on any atom is -0.478 e. The summed E-state index contributed by atoms with van der Waals surface area (Å²) in [5.74, 6) is -2.37. The van der Waals surface area contributed by atoms with Gasteiger partial charge >= 0.3 is 11.7 Å². The molecule has 2 aromatic carbocycles. The van der Waals surface area contributed by atoms with Gasteiger partial charge in [-0.15, -0.1) is 0 Å². The predicted molar refractivity (Wildman–Crippen MR) is 71.5 cm³/mol. The van der Waals surface area contributed by atoms with Gasteiger partial charge in [0.25, 0.3) is 0 Å². The molecule has 2 aromatic rings. The molecule has 0 unspecified atom stereocenters. The van der Waals surface area contributed by atoms with Gasteiger partial charge in [0.2, 0.25) is 5.75 Å². The monoisotopic (exact) mass is 311 g/mol. The van der Waals surface area contributed by atoms with Crippen molar-refractivity contribution >= 4 is 23.3 Å². The number of nitro groups is 1. The predicted octanol–water partition coefficient (Wildman–Crippen LogP) is 3.88. The Hall–Kier alpha value is -2.67. The lowest BCUT2D eigenvalue weighted by Crippen LogP contribution is -1.99. The number of benzene rings is 2. The molecule has 0 spiro atoms. The summed E-state index contributed by atoms with van der Waals surface area (Å²) in [5.41, 5.74) is -0.625. The van der Waals surface area contributed by atoms with Crippen LogP contribution in [0.1, 0.15) is 10.4 Å². The highest BCUT2D eigenvalue weighted by molar-refractivity contribution is 6.30. The third-order valence-corrected chi connectivity index (χ3v) is 2.83. The number of carboxylic acid groups (broad SMARTS) is 1. The second-order valence-electron chi connectivity index (χ2n) is 3.92. The van der Waals surface area contributed by atoms with Gasteiger partial charge < -0.3 is 9.84 Å². The molecule has 0 heterocycles. The van der Waals surface area contributed by atoms with Crippen molar-refractivity contribution in [2.45, 2.75) is 0 Å². The standard InChI is InChI=1S/C13H7ClFNO5/c14-9-3-2-8(6-10(9)15)21-12-5-7(13(17)18)1-4-11(12)16(19)20/h1-6H,(H,17,18). The van der Waals surface area contributed by atoms with Crippen molar-refractivity contribution in [1.29, 1.82) is 0 Å². The van der Waals surface area contributed by atoms with Gasteiger partial charge in [-0.1, -0.05) is 11.6 Å². The van der Waals surface area contributed by atoms with Crippen LogP contribution < -0.4 is 4.74 Å². The van der Waals surface area contributed by atoms with E-state index in [2.05, 4.69) is 0 Å². The molecule has 0 aliphatic carbocycles. The molecular weight excluding hydrogens is 305 g/mol. The van der Waals surface area contributed by atoms with Crippen molar-refractivity contribution in [1.82, 2.24) is 0 Å². The molecule has 0 aromatic heterocycles. The van der Waals surface area contributed by atoms with E-state index in [1.807, 2.05) is 0 Å². The second kappa shape index (κ2) is 5.76. The van der Waals surface area contributed by atoms with Gasteiger partial charge in [0.15, 0.2) is 0 Å². The average molecular weight is 312 g/mol. The largest absolute Gasteiger partial charge is 0.478 e. The summed E-state index contributed by atoms with van der Waals surface area (Å²) >= 11 is 5.52. The van der Waals surface area contributed by atoms with Crippen LogP contribution in [0.2, 0.25) is 5.02 Å². The first kappa shape index (κ1) is 14.7. The van der Waals surface area contributed by atoms with Crippen molar-refractivity contribution in [3.05, 3.63) is 62.9 Å². The zero-order valence-corrected chi connectivity index (χ0v) is 11.0. The first-order valence-corrected chi connectivity index (χ1v) is 5.91. The van der Waals surface area contributed by atoms with Gasteiger partial charge in [0.05, 0.1) is 15.5 Å². The summed E-state index contributed by atoms with van der Waals surface area (Å²) in [6, 6.07) is 6.55. The van der Waals surface area contributed by atoms with Crippen LogP contribution in [0.25, 0.3) is 0 Å². The lowest BCUT2D eigenvalue weighted by Gasteiger charge is -2.07. The zero-order valence-electron chi connectivity index (χ0n) is 10.2. The van der Waals surface area contributed by atoms with Gasteiger partial charge in [-0.05, 0) is 18.2 Å². The Balaban J connectivity index is 2.45. The fourth-order valence-corrected chi connectivity index (χ4v) is 1.66. The van der Waals surface area contributed by atoms with Crippen molar-refractivity contribution in [3.63, 3.8) is 0 Å². The molecule has 0 amide bonds. The van der Waals surface area contributed by atoms with E-state index in [0.29, 0.717) is 0 Å². The molecule has 0 atom stereocenters. The van der Waals surface area contributed by atoms with E-state index in [-0.39, 0.29) is 22.1 Å². The molecule has 0 fully saturated rings. The lowest BCUT2D eigenvalue weighted by atomic mass is 10.2. The summed E-state index contributed by atoms with van der Waals surface area (Å²) < 4.78 is 18.5. The first-order chi connectivity index (χ1) is 9.88. The summed E-state index contributed by atoms with van der Waals surface area (Å²) in [5, 5.41) is 19.7. The lowest BCUT2D eigenvalue weighted by molar-refractivity contribution is -0.385. The number of carbonyl (C=O) groups is 1. The number of rotatable bonds is 4. The maximum absolute atomic E-state index is 13.3. The molecule has 0 bridgehead atoms. The summed E-state index contributed by atoms with van der Waals surface area (Å²) in [6.45, 7) is 0. The summed E-state index contributed by atoms with van der Waals surface area (Å²) in [6.07, 6.45) is 0. The molecule has 8 heteroatoms. The average Bonchev–Trinajstić information content (AvgIpc) is 2.42. The van der Waals surface area contributed by atoms with E-state index in [4.69, 9.17) is 21.4 Å². The maximum atomic E-state index is 13.3. The summed E-state index contributed by atoms with van der Waals surface area (Å²) in [7, 11) is 0. The molecule has 0 radical (unpaired) electrons. The Morgan fingerprint density at radius 1 is 1.29 bits per heavy atom. The van der Waals surface area contributed by atoms with Crippen LogP contribution in [0.5, 0.6) is 11.5 Å². The number of nitrogens with zero attached hydrogens (tertiary/aromatic N) is 1. The highest BCUT2D eigenvalue weighted by Crippen LogP contribution is 2.33. The normalized spacial score (nSPS) is 10.2. The Labute approximate surface area is 122 Å². The van der Waals surface area contributed by atoms with Gasteiger partial charge in [-0.3, -0.25) is 10.1 Å². The number of nitro benzene ring substituents is 1. The molecule has 6 nitrogen and oxygen atoms in total. The maximum Gasteiger partial charge on any atom is 0.335 e. The van der Waals surface area contributed by atoms with Gasteiger partial charge in [0.1, 0.15) is 11.6 Å². The highest BCUT2D eigenvalue weighted by Gasteiger charge is 2.19. The molecule has 0 saturated heterocycles. The Kier molecular flexibility index (Phi) is 4.04. The molecule has 2 rings (SSSR count). The van der Waals surface area contributed by atoms with Crippen LogP contribution in [-0.2, 0) is 0 Å². The van der Waals surface area contributed by atoms with Crippen LogP contribution in [0.4, 0.5) is 10.1 Å². The SMILES string of the molecule is O=C(O)c1ccc([N+](=O)[O-])c(Oc2ccc(Cl)c(F)c2)c1. The van der Waals surface area contributed by atoms with Crippen LogP contribution in [-0.4, -0.2) is 16.0 Å². The van der Waals surface area contributed by atoms with Crippen LogP contribution in [0.15, 0.2) is 36.4 Å². The molecule has 108 valence electrons. The Morgan fingerprint density at radius 2 is 2.00 bits per heavy atom. The van der Waals surface area contributed by atoms with Crippen LogP contribution in [0, 0.1) is 15.9 Å². The third kappa shape index (κ3) is 3.26. The van der Waals surface area contributed by atoms with Crippen molar-refractivity contribution in [3.8, 4) is 11.5 Å². The Bertz CT molecular complexity index is 734. The highest BCUT2D eigenvalue weighted by atomic mass is 35.5. The molecular formula is C13H7ClFNO5. The van der Waals surface area contributed by atoms with E-state index in [9.17, 15) is 19.3 Å². The number of ether oxygens (including phenoxy) is 1. The molecule has 21 heavy (non-hydrogen) atoms. The number of halogens is 2. The minimum atomic E-state index is -1.27. The van der Waals surface area contributed by atoms with Gasteiger partial charge in [0, 0.05) is 18.2 Å². The topological polar surface area (TPSA) is 89.7 Å². The van der Waals surface area contributed by atoms with E-state index >= 15 is 0 Å². The van der Waals surface area contributed by atoms with Gasteiger partial charge in [-0.2, -0.15) is 0 Å². The van der Waals surface area contributed by atoms with Crippen molar-refractivity contribution in [2.24, 2.45) is 0 Å². The van der Waals surface area contributed by atoms with Crippen molar-refractivity contribution in [2.75, 3.05) is 0 Å². The number of aromatic carboxylic acids is 1. The molecule has 0 aliphatic rings. The Morgan fingerprint density at radius 3 is 2.57 bits per heavy atom. The number of carboxylic acids is 1. The van der Waals surface area contributed by atoms with Gasteiger partial charge in [-0.25, -0.2) is 9.18 Å². The second-order valence-corrected chi connectivity index (χ2v) is 4.33. The molecule has 1 N–H and O–H groups in total. The smallest absolute Gasteiger partial charge is 0.335 e. The number of hydrogen-bond acceptors (Lipinski definition) is 4. The van der Waals surface area contributed by atoms with Crippen LogP contribution in [0.3, 0.4) is 0 Å². The zero-order chi connectivity index (χ0) is 15.6. The third-order valence-electron chi connectivity index (χ3n) is 2.52. The van der Waals surface area contributed by atoms with E-state index < -0.39 is 22.4 Å². The van der Waals surface area contributed by atoms with Crippen LogP contribution >= 0.6 is 11.6 Å². The first-order valence-electron chi connectivity index (χ1n) is 5.53. The van der Waals surface area contributed by atoms with Crippen molar-refractivity contribution < 1.29 is 24.0 Å². The fraction of sp³-hybridized carbons (Fsp3) is 0. The van der Waals surface area contributed by atoms with E-state index in [1.165, 1.54) is 12.1 Å². The minimum absolute atomic E-state index is 0.0393. The van der Waals surface area contributed by atoms with E-state index in [0.717, 1.165) is 24.3 Å². The van der Waals surface area contributed by atoms with E-state index in [1.54, 1.807) is 0 Å². The quantitative estimate of drug-likeness (QED) is 0.683. The molecule has 0 aliphatic heterocycles. The number of hydrogen-bond donors (Lipinski definition) is 1. The summed E-state index contributed by atoms with van der Waals surface area (Å²) in [4.78, 5) is 21.1. The molecule has 0 saturated carbocycles.